The minimum atomic E-state index is -0.355. The largest absolute Gasteiger partial charge is 1.00 e. The van der Waals surface area contributed by atoms with E-state index < -0.39 is 0 Å². The average molecular weight is 534 g/mol. The van der Waals surface area contributed by atoms with Crippen LogP contribution in [0, 0.1) is 0 Å². The van der Waals surface area contributed by atoms with Crippen molar-refractivity contribution in [3.8, 4) is 0 Å². The zero-order chi connectivity index (χ0) is 23.3. The Morgan fingerprint density at radius 1 is 0.778 bits per heavy atom. The molecule has 2 N–H and O–H groups in total. The molecule has 5 rings (SSSR count). The molecule has 3 aliphatic heterocycles. The van der Waals surface area contributed by atoms with E-state index in [2.05, 4.69) is 42.5 Å². The number of piperazine rings is 2. The van der Waals surface area contributed by atoms with E-state index in [9.17, 15) is 9.59 Å². The van der Waals surface area contributed by atoms with Crippen LogP contribution in [-0.2, 0) is 22.6 Å². The predicted molar refractivity (Wildman–Crippen MR) is 131 cm³/mol. The molecule has 2 aromatic carbocycles. The van der Waals surface area contributed by atoms with Gasteiger partial charge in [0.2, 0.25) is 11.8 Å². The van der Waals surface area contributed by atoms with Gasteiger partial charge in [-0.1, -0.05) is 60.7 Å². The third-order valence-corrected chi connectivity index (χ3v) is 7.93. The second-order valence-electron chi connectivity index (χ2n) is 10.2. The molecule has 0 radical (unpaired) electrons. The fourth-order valence-electron chi connectivity index (χ4n) is 6.03. The molecule has 3 aliphatic rings. The SMILES string of the molecule is O=C1C(Cc2ccccc2)N(CCC[NH+]2CC[NH+](Cc3ccccc3)CC2)C(=O)C2CCCN12.[Cl-].[Cl-]. The van der Waals surface area contributed by atoms with Crippen molar-refractivity contribution in [1.82, 2.24) is 9.80 Å². The molecular weight excluding hydrogens is 495 g/mol. The maximum atomic E-state index is 13.4. The molecule has 0 aromatic heterocycles. The monoisotopic (exact) mass is 532 g/mol. The molecule has 3 saturated heterocycles. The van der Waals surface area contributed by atoms with Gasteiger partial charge in [-0.2, -0.15) is 0 Å². The maximum absolute atomic E-state index is 13.4. The van der Waals surface area contributed by atoms with Crippen LogP contribution >= 0.6 is 0 Å². The molecule has 2 atom stereocenters. The van der Waals surface area contributed by atoms with Crippen molar-refractivity contribution in [2.45, 2.75) is 44.3 Å². The van der Waals surface area contributed by atoms with Gasteiger partial charge in [-0.25, -0.2) is 0 Å². The molecule has 6 nitrogen and oxygen atoms in total. The van der Waals surface area contributed by atoms with Crippen molar-refractivity contribution >= 4 is 11.8 Å². The second-order valence-corrected chi connectivity index (χ2v) is 10.2. The first-order valence-corrected chi connectivity index (χ1v) is 13.0. The average Bonchev–Trinajstić information content (AvgIpc) is 3.37. The Bertz CT molecular complexity index is 970. The van der Waals surface area contributed by atoms with Gasteiger partial charge in [0.25, 0.3) is 0 Å². The maximum Gasteiger partial charge on any atom is 0.246 e. The fourth-order valence-corrected chi connectivity index (χ4v) is 6.03. The first-order valence-electron chi connectivity index (χ1n) is 13.0. The zero-order valence-electron chi connectivity index (χ0n) is 20.9. The number of benzene rings is 2. The number of carbonyl (C=O) groups is 2. The summed E-state index contributed by atoms with van der Waals surface area (Å²) >= 11 is 0. The predicted octanol–water partition coefficient (Wildman–Crippen LogP) is -6.19. The van der Waals surface area contributed by atoms with Crippen LogP contribution in [0.4, 0.5) is 0 Å². The Balaban J connectivity index is 0.00000180. The Morgan fingerprint density at radius 3 is 2.06 bits per heavy atom. The number of hydrogen-bond donors (Lipinski definition) is 2. The number of quaternary nitrogens is 2. The molecule has 0 aliphatic carbocycles. The van der Waals surface area contributed by atoms with Gasteiger partial charge in [0.1, 0.15) is 44.8 Å². The molecule has 0 spiro atoms. The summed E-state index contributed by atoms with van der Waals surface area (Å²) in [4.78, 5) is 33.8. The van der Waals surface area contributed by atoms with Crippen LogP contribution in [0.3, 0.4) is 0 Å². The second kappa shape index (κ2) is 13.4. The summed E-state index contributed by atoms with van der Waals surface area (Å²) in [5.74, 6) is 0.321. The summed E-state index contributed by atoms with van der Waals surface area (Å²) in [5.41, 5.74) is 2.54. The smallest absolute Gasteiger partial charge is 0.246 e. The van der Waals surface area contributed by atoms with Gasteiger partial charge in [-0.05, 0) is 18.4 Å². The lowest BCUT2D eigenvalue weighted by molar-refractivity contribution is -1.02. The van der Waals surface area contributed by atoms with E-state index in [1.165, 1.54) is 31.7 Å². The molecule has 2 aromatic rings. The molecule has 36 heavy (non-hydrogen) atoms. The molecule has 0 bridgehead atoms. The number of carbonyl (C=O) groups excluding carboxylic acids is 2. The summed E-state index contributed by atoms with van der Waals surface area (Å²) in [6.07, 6.45) is 3.33. The number of rotatable bonds is 8. The van der Waals surface area contributed by atoms with Crippen molar-refractivity contribution in [2.75, 3.05) is 45.8 Å². The summed E-state index contributed by atoms with van der Waals surface area (Å²) in [5, 5.41) is 0. The van der Waals surface area contributed by atoms with Crippen molar-refractivity contribution in [3.63, 3.8) is 0 Å². The van der Waals surface area contributed by atoms with Gasteiger partial charge in [-0.15, -0.1) is 0 Å². The van der Waals surface area contributed by atoms with E-state index in [-0.39, 0.29) is 48.7 Å². The third-order valence-electron chi connectivity index (χ3n) is 7.93. The zero-order valence-corrected chi connectivity index (χ0v) is 22.4. The summed E-state index contributed by atoms with van der Waals surface area (Å²) in [7, 11) is 0. The number of fused-ring (bicyclic) bond motifs is 1. The van der Waals surface area contributed by atoms with Crippen LogP contribution in [0.2, 0.25) is 0 Å². The van der Waals surface area contributed by atoms with Crippen LogP contribution in [0.1, 0.15) is 30.4 Å². The Morgan fingerprint density at radius 2 is 1.39 bits per heavy atom. The summed E-state index contributed by atoms with van der Waals surface area (Å²) in [6, 6.07) is 20.3. The molecule has 196 valence electrons. The highest BCUT2D eigenvalue weighted by Gasteiger charge is 2.47. The minimum absolute atomic E-state index is 0. The highest BCUT2D eigenvalue weighted by molar-refractivity contribution is 5.97. The number of halogens is 2. The van der Waals surface area contributed by atoms with Gasteiger partial charge in [0.05, 0.1) is 6.54 Å². The molecule has 0 saturated carbocycles. The Labute approximate surface area is 227 Å². The van der Waals surface area contributed by atoms with Crippen molar-refractivity contribution in [1.29, 1.82) is 0 Å². The standard InChI is InChI=1S/C28H36N4O2.2ClH/c33-27-25-13-7-15-31(25)28(34)26(21-23-9-3-1-4-10-23)32(27)16-8-14-29-17-19-30(20-18-29)22-24-11-5-2-6-12-24;;/h1-6,9-12,25-26H,7-8,13-22H2;2*1H. The topological polar surface area (TPSA) is 49.5 Å². The molecule has 8 heteroatoms. The van der Waals surface area contributed by atoms with Crippen LogP contribution in [0.25, 0.3) is 0 Å². The molecular formula is C28H38Cl2N4O2. The van der Waals surface area contributed by atoms with Crippen molar-refractivity contribution < 1.29 is 44.2 Å². The Kier molecular flexibility index (Phi) is 10.6. The van der Waals surface area contributed by atoms with Crippen LogP contribution in [0.5, 0.6) is 0 Å². The summed E-state index contributed by atoms with van der Waals surface area (Å²) < 4.78 is 0. The molecule has 3 heterocycles. The number of nitrogens with zero attached hydrogens (tertiary/aromatic N) is 2. The van der Waals surface area contributed by atoms with Crippen molar-refractivity contribution in [3.05, 3.63) is 71.8 Å². The van der Waals surface area contributed by atoms with E-state index >= 15 is 0 Å². The van der Waals surface area contributed by atoms with Crippen LogP contribution in [0.15, 0.2) is 60.7 Å². The van der Waals surface area contributed by atoms with Gasteiger partial charge in [0.15, 0.2) is 0 Å². The fraction of sp³-hybridized carbons (Fsp3) is 0.500. The van der Waals surface area contributed by atoms with Crippen molar-refractivity contribution in [2.24, 2.45) is 0 Å². The molecule has 3 fully saturated rings. The van der Waals surface area contributed by atoms with Gasteiger partial charge >= 0.3 is 0 Å². The highest BCUT2D eigenvalue weighted by Crippen LogP contribution is 2.28. The van der Waals surface area contributed by atoms with Crippen LogP contribution < -0.4 is 34.6 Å². The minimum Gasteiger partial charge on any atom is -1.00 e. The molecule has 2 amide bonds. The normalized spacial score (nSPS) is 25.7. The number of nitrogens with one attached hydrogen (secondary N) is 2. The first kappa shape index (κ1) is 28.5. The Hall–Kier alpha value is -2.12. The van der Waals surface area contributed by atoms with Gasteiger partial charge < -0.3 is 44.4 Å². The lowest BCUT2D eigenvalue weighted by Crippen LogP contribution is -3.27. The van der Waals surface area contributed by atoms with E-state index in [0.29, 0.717) is 13.0 Å². The van der Waals surface area contributed by atoms with Gasteiger partial charge in [0, 0.05) is 31.5 Å². The number of hydrogen-bond acceptors (Lipinski definition) is 2. The van der Waals surface area contributed by atoms with E-state index in [1.807, 2.05) is 28.0 Å². The highest BCUT2D eigenvalue weighted by atomic mass is 35.5. The molecule has 2 unspecified atom stereocenters. The van der Waals surface area contributed by atoms with Crippen LogP contribution in [-0.4, -0.2) is 79.5 Å². The van der Waals surface area contributed by atoms with E-state index in [0.717, 1.165) is 44.5 Å². The lowest BCUT2D eigenvalue weighted by atomic mass is 9.98. The third kappa shape index (κ3) is 6.60. The van der Waals surface area contributed by atoms with E-state index in [1.54, 1.807) is 9.80 Å². The number of amides is 2. The first-order chi connectivity index (χ1) is 16.7. The summed E-state index contributed by atoms with van der Waals surface area (Å²) in [6.45, 7) is 8.35. The van der Waals surface area contributed by atoms with E-state index in [4.69, 9.17) is 0 Å². The lowest BCUT2D eigenvalue weighted by Gasteiger charge is -2.42. The van der Waals surface area contributed by atoms with Gasteiger partial charge in [-0.3, -0.25) is 9.59 Å². The quantitative estimate of drug-likeness (QED) is 0.355.